The smallest absolute Gasteiger partial charge is 0.260 e. The maximum atomic E-state index is 11.1. The van der Waals surface area contributed by atoms with E-state index in [0.29, 0.717) is 0 Å². The van der Waals surface area contributed by atoms with Crippen LogP contribution < -0.4 is 3.93 Å². The molecule has 0 unspecified atom stereocenters. The van der Waals surface area contributed by atoms with Crippen molar-refractivity contribution in [1.29, 1.82) is 0 Å². The lowest BCUT2D eigenvalue weighted by Gasteiger charge is -2.10. The van der Waals surface area contributed by atoms with Crippen molar-refractivity contribution in [3.05, 3.63) is 43.0 Å². The molecule has 0 N–H and O–H groups in total. The molecule has 0 atom stereocenters. The van der Waals surface area contributed by atoms with E-state index in [0.717, 1.165) is 5.69 Å². The van der Waals surface area contributed by atoms with Crippen LogP contribution in [0.1, 0.15) is 0 Å². The summed E-state index contributed by atoms with van der Waals surface area (Å²) in [5, 5.41) is 0. The minimum atomic E-state index is -0.179. The maximum absolute atomic E-state index is 11.1. The second kappa shape index (κ2) is 4.07. The normalized spacial score (nSPS) is 9.08. The minimum absolute atomic E-state index is 0.179. The summed E-state index contributed by atoms with van der Waals surface area (Å²) in [6.07, 6.45) is 1.25. The van der Waals surface area contributed by atoms with E-state index in [-0.39, 0.29) is 5.91 Å². The van der Waals surface area contributed by atoms with Crippen LogP contribution in [0.3, 0.4) is 0 Å². The Kier molecular flexibility index (Phi) is 3.05. The minimum Gasteiger partial charge on any atom is -0.268 e. The molecule has 0 saturated heterocycles. The molecule has 0 fully saturated rings. The van der Waals surface area contributed by atoms with Gasteiger partial charge in [-0.3, -0.25) is 4.79 Å². The fourth-order valence-electron chi connectivity index (χ4n) is 0.766. The lowest BCUT2D eigenvalue weighted by atomic mass is 10.3. The number of amides is 1. The van der Waals surface area contributed by atoms with Crippen molar-refractivity contribution in [3.8, 4) is 0 Å². The van der Waals surface area contributed by atoms with Crippen LogP contribution in [0.15, 0.2) is 43.0 Å². The molecule has 0 aromatic heterocycles. The Morgan fingerprint density at radius 1 is 1.42 bits per heavy atom. The van der Waals surface area contributed by atoms with Crippen molar-refractivity contribution in [2.45, 2.75) is 0 Å². The van der Waals surface area contributed by atoms with Crippen LogP contribution in [0.4, 0.5) is 5.69 Å². The Labute approximate surface area is 79.8 Å². The van der Waals surface area contributed by atoms with Crippen molar-refractivity contribution in [2.75, 3.05) is 3.93 Å². The molecule has 2 nitrogen and oxygen atoms in total. The van der Waals surface area contributed by atoms with Gasteiger partial charge in [-0.05, 0) is 18.2 Å². The number of anilines is 1. The molecular weight excluding hydrogens is 218 g/mol. The van der Waals surface area contributed by atoms with E-state index in [1.807, 2.05) is 30.3 Å². The number of hydrogen-bond acceptors (Lipinski definition) is 1. The van der Waals surface area contributed by atoms with Crippen molar-refractivity contribution in [2.24, 2.45) is 0 Å². The molecule has 3 heteroatoms. The molecule has 0 radical (unpaired) electrons. The Bertz CT molecular complexity index is 284. The molecule has 0 saturated carbocycles. The molecule has 0 aliphatic carbocycles. The van der Waals surface area contributed by atoms with Gasteiger partial charge in [0.15, 0.2) is 0 Å². The predicted octanol–water partition coefficient (Wildman–Crippen LogP) is 2.52. The van der Waals surface area contributed by atoms with Crippen LogP contribution in [0, 0.1) is 0 Å². The lowest BCUT2D eigenvalue weighted by molar-refractivity contribution is -0.112. The zero-order chi connectivity index (χ0) is 8.97. The van der Waals surface area contributed by atoms with Gasteiger partial charge >= 0.3 is 0 Å². The molecule has 62 valence electrons. The Balaban J connectivity index is 2.85. The molecule has 12 heavy (non-hydrogen) atoms. The van der Waals surface area contributed by atoms with Crippen LogP contribution in [0.2, 0.25) is 0 Å². The highest BCUT2D eigenvalue weighted by Crippen LogP contribution is 2.16. The summed E-state index contributed by atoms with van der Waals surface area (Å²) in [5.41, 5.74) is 0.794. The first-order chi connectivity index (χ1) is 5.75. The average Bonchev–Trinajstić information content (AvgIpc) is 2.17. The number of para-hydroxylation sites is 1. The number of benzene rings is 1. The van der Waals surface area contributed by atoms with E-state index < -0.39 is 0 Å². The van der Waals surface area contributed by atoms with Gasteiger partial charge in [-0.1, -0.05) is 24.8 Å². The number of nitrogens with zero attached hydrogens (tertiary/aromatic N) is 1. The summed E-state index contributed by atoms with van der Waals surface area (Å²) in [6.45, 7) is 3.39. The van der Waals surface area contributed by atoms with Gasteiger partial charge in [0.1, 0.15) is 0 Å². The summed E-state index contributed by atoms with van der Waals surface area (Å²) < 4.78 is 1.36. The zero-order valence-corrected chi connectivity index (χ0v) is 7.99. The fraction of sp³-hybridized carbons (Fsp3) is 0. The SMILES string of the molecule is C=CC(=O)N(Br)c1ccccc1. The number of rotatable bonds is 2. The van der Waals surface area contributed by atoms with Crippen molar-refractivity contribution >= 4 is 27.7 Å². The van der Waals surface area contributed by atoms with E-state index in [1.54, 1.807) is 0 Å². The van der Waals surface area contributed by atoms with Gasteiger partial charge < -0.3 is 0 Å². The van der Waals surface area contributed by atoms with Gasteiger partial charge in [-0.2, -0.15) is 0 Å². The number of carbonyl (C=O) groups is 1. The van der Waals surface area contributed by atoms with E-state index in [4.69, 9.17) is 0 Å². The monoisotopic (exact) mass is 225 g/mol. The highest BCUT2D eigenvalue weighted by molar-refractivity contribution is 9.10. The Hall–Kier alpha value is -1.09. The Morgan fingerprint density at radius 3 is 2.50 bits per heavy atom. The molecule has 0 heterocycles. The summed E-state index contributed by atoms with van der Waals surface area (Å²) in [5.74, 6) is -0.179. The van der Waals surface area contributed by atoms with Crippen molar-refractivity contribution < 1.29 is 4.79 Å². The van der Waals surface area contributed by atoms with Gasteiger partial charge in [0.05, 0.1) is 21.8 Å². The second-order valence-electron chi connectivity index (χ2n) is 2.16. The molecule has 0 bridgehead atoms. The molecule has 0 spiro atoms. The van der Waals surface area contributed by atoms with Gasteiger partial charge in [-0.15, -0.1) is 0 Å². The van der Waals surface area contributed by atoms with E-state index >= 15 is 0 Å². The van der Waals surface area contributed by atoms with E-state index in [2.05, 4.69) is 22.7 Å². The number of halogens is 1. The van der Waals surface area contributed by atoms with Crippen LogP contribution in [-0.4, -0.2) is 5.91 Å². The van der Waals surface area contributed by atoms with Crippen LogP contribution in [0.5, 0.6) is 0 Å². The third-order valence-electron chi connectivity index (χ3n) is 1.35. The van der Waals surface area contributed by atoms with Gasteiger partial charge in [0.25, 0.3) is 5.91 Å². The van der Waals surface area contributed by atoms with Gasteiger partial charge in [0, 0.05) is 0 Å². The standard InChI is InChI=1S/C9H8BrNO/c1-2-9(12)11(10)8-6-4-3-5-7-8/h2-7H,1H2. The fourth-order valence-corrected chi connectivity index (χ4v) is 1.15. The third kappa shape index (κ3) is 1.95. The van der Waals surface area contributed by atoms with Gasteiger partial charge in [0.2, 0.25) is 0 Å². The topological polar surface area (TPSA) is 20.3 Å². The summed E-state index contributed by atoms with van der Waals surface area (Å²) in [6, 6.07) is 9.27. The molecule has 1 amide bonds. The number of hydrogen-bond donors (Lipinski definition) is 0. The molecular formula is C9H8BrNO. The second-order valence-corrected chi connectivity index (χ2v) is 2.87. The summed E-state index contributed by atoms with van der Waals surface area (Å²) >= 11 is 3.12. The lowest BCUT2D eigenvalue weighted by Crippen LogP contribution is -2.16. The largest absolute Gasteiger partial charge is 0.268 e. The van der Waals surface area contributed by atoms with Crippen LogP contribution in [0.25, 0.3) is 0 Å². The zero-order valence-electron chi connectivity index (χ0n) is 6.40. The summed E-state index contributed by atoms with van der Waals surface area (Å²) in [4.78, 5) is 11.1. The van der Waals surface area contributed by atoms with Crippen molar-refractivity contribution in [1.82, 2.24) is 0 Å². The highest BCUT2D eigenvalue weighted by Gasteiger charge is 2.06. The van der Waals surface area contributed by atoms with Crippen LogP contribution >= 0.6 is 16.1 Å². The molecule has 0 aliphatic heterocycles. The highest BCUT2D eigenvalue weighted by atomic mass is 79.9. The Morgan fingerprint density at radius 2 is 2.00 bits per heavy atom. The van der Waals surface area contributed by atoms with Crippen LogP contribution in [-0.2, 0) is 4.79 Å². The molecule has 1 rings (SSSR count). The van der Waals surface area contributed by atoms with Crippen molar-refractivity contribution in [3.63, 3.8) is 0 Å². The maximum Gasteiger partial charge on any atom is 0.260 e. The van der Waals surface area contributed by atoms with Gasteiger partial charge in [-0.25, -0.2) is 3.93 Å². The van der Waals surface area contributed by atoms with E-state index in [9.17, 15) is 4.79 Å². The van der Waals surface area contributed by atoms with E-state index in [1.165, 1.54) is 10.0 Å². The molecule has 1 aromatic rings. The first-order valence-corrected chi connectivity index (χ1v) is 4.14. The number of carbonyl (C=O) groups excluding carboxylic acids is 1. The predicted molar refractivity (Wildman–Crippen MR) is 53.1 cm³/mol. The first-order valence-electron chi connectivity index (χ1n) is 3.43. The quantitative estimate of drug-likeness (QED) is 0.560. The summed E-state index contributed by atoms with van der Waals surface area (Å²) in [7, 11) is 0. The molecule has 1 aromatic carbocycles. The first kappa shape index (κ1) is 9.00. The molecule has 0 aliphatic rings. The third-order valence-corrected chi connectivity index (χ3v) is 2.11. The average molecular weight is 226 g/mol.